The summed E-state index contributed by atoms with van der Waals surface area (Å²) in [6.07, 6.45) is 3.40. The second-order valence-corrected chi connectivity index (χ2v) is 7.62. The number of rotatable bonds is 5. The van der Waals surface area contributed by atoms with Crippen molar-refractivity contribution in [3.05, 3.63) is 76.1 Å². The number of aromatic amines is 2. The van der Waals surface area contributed by atoms with Crippen LogP contribution < -0.4 is 10.9 Å². The van der Waals surface area contributed by atoms with E-state index in [1.165, 1.54) is 6.07 Å². The van der Waals surface area contributed by atoms with Gasteiger partial charge in [-0.2, -0.15) is 5.10 Å². The van der Waals surface area contributed by atoms with Crippen molar-refractivity contribution in [1.82, 2.24) is 25.1 Å². The molecule has 28 heavy (non-hydrogen) atoms. The lowest BCUT2D eigenvalue weighted by molar-refractivity contribution is 0.0942. The average molecular weight is 393 g/mol. The molecule has 7 nitrogen and oxygen atoms in total. The van der Waals surface area contributed by atoms with Crippen LogP contribution in [-0.2, 0) is 13.6 Å². The molecule has 0 saturated carbocycles. The molecule has 0 bridgehead atoms. The van der Waals surface area contributed by atoms with Crippen LogP contribution in [0.15, 0.2) is 63.4 Å². The van der Waals surface area contributed by atoms with E-state index in [1.54, 1.807) is 30.2 Å². The molecule has 0 saturated heterocycles. The molecule has 0 radical (unpaired) electrons. The molecule has 1 aromatic carbocycles. The highest BCUT2D eigenvalue weighted by atomic mass is 32.2. The van der Waals surface area contributed by atoms with Gasteiger partial charge < -0.3 is 14.9 Å². The number of hydrogen-bond donors (Lipinski definition) is 3. The predicted molar refractivity (Wildman–Crippen MR) is 109 cm³/mol. The molecule has 4 aromatic rings. The Hall–Kier alpha value is -3.26. The summed E-state index contributed by atoms with van der Waals surface area (Å²) in [6, 6.07) is 11.2. The lowest BCUT2D eigenvalue weighted by Gasteiger charge is -2.07. The summed E-state index contributed by atoms with van der Waals surface area (Å²) < 4.78 is 1.89. The van der Waals surface area contributed by atoms with Gasteiger partial charge in [0.1, 0.15) is 5.69 Å². The van der Waals surface area contributed by atoms with E-state index in [0.717, 1.165) is 32.0 Å². The first-order valence-corrected chi connectivity index (χ1v) is 9.56. The first-order chi connectivity index (χ1) is 13.5. The van der Waals surface area contributed by atoms with Gasteiger partial charge in [0.05, 0.1) is 11.7 Å². The monoisotopic (exact) mass is 393 g/mol. The lowest BCUT2D eigenvalue weighted by atomic mass is 10.3. The quantitative estimate of drug-likeness (QED) is 0.486. The zero-order chi connectivity index (χ0) is 19.7. The third-order valence-corrected chi connectivity index (χ3v) is 5.79. The number of hydrogen-bond acceptors (Lipinski definition) is 4. The van der Waals surface area contributed by atoms with Crippen molar-refractivity contribution in [2.24, 2.45) is 7.05 Å². The summed E-state index contributed by atoms with van der Waals surface area (Å²) in [4.78, 5) is 28.5. The Morgan fingerprint density at radius 3 is 2.89 bits per heavy atom. The molecule has 0 atom stereocenters. The highest BCUT2D eigenvalue weighted by molar-refractivity contribution is 7.99. The fourth-order valence-electron chi connectivity index (χ4n) is 2.93. The van der Waals surface area contributed by atoms with Crippen LogP contribution in [-0.4, -0.2) is 25.7 Å². The van der Waals surface area contributed by atoms with Gasteiger partial charge >= 0.3 is 0 Å². The van der Waals surface area contributed by atoms with E-state index in [4.69, 9.17) is 0 Å². The zero-order valence-corrected chi connectivity index (χ0v) is 16.3. The molecule has 3 heterocycles. The maximum atomic E-state index is 12.6. The largest absolute Gasteiger partial charge is 0.347 e. The van der Waals surface area contributed by atoms with Gasteiger partial charge in [-0.05, 0) is 36.8 Å². The Morgan fingerprint density at radius 1 is 1.25 bits per heavy atom. The molecule has 0 aliphatic rings. The number of H-pyrrole nitrogens is 2. The third kappa shape index (κ3) is 3.59. The maximum absolute atomic E-state index is 12.6. The van der Waals surface area contributed by atoms with E-state index in [0.29, 0.717) is 12.2 Å². The molecule has 8 heteroatoms. The first kappa shape index (κ1) is 18.1. The van der Waals surface area contributed by atoms with Gasteiger partial charge in [-0.3, -0.25) is 14.7 Å². The van der Waals surface area contributed by atoms with Crippen LogP contribution in [0.1, 0.15) is 21.7 Å². The Morgan fingerprint density at radius 2 is 2.11 bits per heavy atom. The minimum Gasteiger partial charge on any atom is -0.347 e. The number of carbonyl (C=O) groups excluding carboxylic acids is 1. The molecule has 3 N–H and O–H groups in total. The van der Waals surface area contributed by atoms with Crippen molar-refractivity contribution in [3.8, 4) is 0 Å². The topological polar surface area (TPSA) is 95.6 Å². The van der Waals surface area contributed by atoms with E-state index in [-0.39, 0.29) is 11.5 Å². The normalized spacial score (nSPS) is 11.1. The highest BCUT2D eigenvalue weighted by Gasteiger charge is 2.16. The molecule has 4 rings (SSSR count). The van der Waals surface area contributed by atoms with Gasteiger partial charge in [-0.1, -0.05) is 17.8 Å². The zero-order valence-electron chi connectivity index (χ0n) is 15.4. The fourth-order valence-corrected chi connectivity index (χ4v) is 3.96. The summed E-state index contributed by atoms with van der Waals surface area (Å²) in [5.41, 5.74) is 3.28. The standard InChI is InChI=1S/C20H19N5O2S/c1-12-18(28-15-4-5-16-14(7-15)11-23-24-16)8-17(25(12)2)20(27)22-10-13-3-6-19(26)21-9-13/h3-9,11H,10H2,1-2H3,(H,21,26)(H,22,27)(H,23,24). The minimum absolute atomic E-state index is 0.158. The Balaban J connectivity index is 1.51. The molecule has 0 aliphatic heterocycles. The van der Waals surface area contributed by atoms with Crippen LogP contribution >= 0.6 is 11.8 Å². The van der Waals surface area contributed by atoms with Gasteiger partial charge in [-0.15, -0.1) is 0 Å². The van der Waals surface area contributed by atoms with Gasteiger partial charge in [0.15, 0.2) is 0 Å². The molecule has 3 aromatic heterocycles. The van der Waals surface area contributed by atoms with Crippen molar-refractivity contribution >= 4 is 28.6 Å². The number of fused-ring (bicyclic) bond motifs is 1. The van der Waals surface area contributed by atoms with E-state index in [9.17, 15) is 9.59 Å². The average Bonchev–Trinajstić information content (AvgIpc) is 3.27. The number of aromatic nitrogens is 4. The summed E-state index contributed by atoms with van der Waals surface area (Å²) in [7, 11) is 1.88. The Bertz CT molecular complexity index is 1200. The summed E-state index contributed by atoms with van der Waals surface area (Å²) >= 11 is 1.62. The highest BCUT2D eigenvalue weighted by Crippen LogP contribution is 2.33. The molecule has 0 spiro atoms. The van der Waals surface area contributed by atoms with Gasteiger partial charge in [0.25, 0.3) is 5.91 Å². The van der Waals surface area contributed by atoms with Crippen LogP contribution in [0.25, 0.3) is 10.9 Å². The van der Waals surface area contributed by atoms with E-state index in [2.05, 4.69) is 26.6 Å². The molecule has 0 aliphatic carbocycles. The number of nitrogens with one attached hydrogen (secondary N) is 3. The first-order valence-electron chi connectivity index (χ1n) is 8.74. The van der Waals surface area contributed by atoms with E-state index in [1.807, 2.05) is 36.7 Å². The SMILES string of the molecule is Cc1c(Sc2ccc3[nH]ncc3c2)cc(C(=O)NCc2ccc(=O)[nH]c2)n1C. The smallest absolute Gasteiger partial charge is 0.268 e. The van der Waals surface area contributed by atoms with Gasteiger partial charge in [0.2, 0.25) is 5.56 Å². The second kappa shape index (κ2) is 7.40. The summed E-state index contributed by atoms with van der Waals surface area (Å²) in [5, 5.41) is 10.9. The number of nitrogens with zero attached hydrogens (tertiary/aromatic N) is 2. The lowest BCUT2D eigenvalue weighted by Crippen LogP contribution is -2.25. The minimum atomic E-state index is -0.164. The Kier molecular flexibility index (Phi) is 4.79. The number of benzene rings is 1. The molecule has 0 unspecified atom stereocenters. The van der Waals surface area contributed by atoms with Crippen LogP contribution in [0.4, 0.5) is 0 Å². The number of carbonyl (C=O) groups is 1. The van der Waals surface area contributed by atoms with Crippen LogP contribution in [0, 0.1) is 6.92 Å². The van der Waals surface area contributed by atoms with Crippen LogP contribution in [0.3, 0.4) is 0 Å². The third-order valence-electron chi connectivity index (χ3n) is 4.66. The molecule has 142 valence electrons. The fraction of sp³-hybridized carbons (Fsp3) is 0.150. The van der Waals surface area contributed by atoms with Crippen LogP contribution in [0.2, 0.25) is 0 Å². The van der Waals surface area contributed by atoms with Crippen molar-refractivity contribution in [3.63, 3.8) is 0 Å². The van der Waals surface area contributed by atoms with Crippen molar-refractivity contribution in [2.75, 3.05) is 0 Å². The number of pyridine rings is 1. The van der Waals surface area contributed by atoms with Crippen molar-refractivity contribution in [1.29, 1.82) is 0 Å². The van der Waals surface area contributed by atoms with Crippen LogP contribution in [0.5, 0.6) is 0 Å². The van der Waals surface area contributed by atoms with Crippen molar-refractivity contribution in [2.45, 2.75) is 23.3 Å². The predicted octanol–water partition coefficient (Wildman–Crippen LogP) is 2.98. The van der Waals surface area contributed by atoms with E-state index < -0.39 is 0 Å². The van der Waals surface area contributed by atoms with E-state index >= 15 is 0 Å². The summed E-state index contributed by atoms with van der Waals surface area (Å²) in [5.74, 6) is -0.158. The van der Waals surface area contributed by atoms with Gasteiger partial charge in [0, 0.05) is 46.7 Å². The Labute approximate surface area is 165 Å². The molecular formula is C20H19N5O2S. The molecule has 1 amide bonds. The number of amides is 1. The van der Waals surface area contributed by atoms with Crippen molar-refractivity contribution < 1.29 is 4.79 Å². The summed E-state index contributed by atoms with van der Waals surface area (Å²) in [6.45, 7) is 2.34. The molecule has 0 fully saturated rings. The second-order valence-electron chi connectivity index (χ2n) is 6.50. The molecular weight excluding hydrogens is 374 g/mol. The maximum Gasteiger partial charge on any atom is 0.268 e. The van der Waals surface area contributed by atoms with Gasteiger partial charge in [-0.25, -0.2) is 0 Å².